The first-order chi connectivity index (χ1) is 8.47. The van der Waals surface area contributed by atoms with Gasteiger partial charge in [0.1, 0.15) is 5.60 Å². The lowest BCUT2D eigenvalue weighted by Gasteiger charge is -2.24. The van der Waals surface area contributed by atoms with E-state index < -0.39 is 5.60 Å². The second-order valence-corrected chi connectivity index (χ2v) is 5.69. The summed E-state index contributed by atoms with van der Waals surface area (Å²) < 4.78 is 5.48. The summed E-state index contributed by atoms with van der Waals surface area (Å²) in [6.07, 6.45) is 3.53. The van der Waals surface area contributed by atoms with E-state index in [1.165, 1.54) is 0 Å². The van der Waals surface area contributed by atoms with Crippen LogP contribution in [0, 0.1) is 5.92 Å². The Balaban J connectivity index is 2.11. The first kappa shape index (κ1) is 13.0. The highest BCUT2D eigenvalue weighted by molar-refractivity contribution is 5.75. The number of aromatic nitrogens is 1. The number of pyridine rings is 1. The van der Waals surface area contributed by atoms with Crippen molar-refractivity contribution < 1.29 is 9.53 Å². The van der Waals surface area contributed by atoms with Crippen LogP contribution in [0.2, 0.25) is 0 Å². The zero-order valence-electron chi connectivity index (χ0n) is 11.1. The van der Waals surface area contributed by atoms with Gasteiger partial charge in [0.25, 0.3) is 0 Å². The van der Waals surface area contributed by atoms with E-state index in [-0.39, 0.29) is 17.8 Å². The SMILES string of the molecule is CC(C)(C)OC(=O)[C@@H]1CNC[C@H]1c1ccncc1. The third-order valence-electron chi connectivity index (χ3n) is 3.06. The monoisotopic (exact) mass is 248 g/mol. The number of esters is 1. The lowest BCUT2D eigenvalue weighted by atomic mass is 9.89. The van der Waals surface area contributed by atoms with Gasteiger partial charge in [-0.2, -0.15) is 0 Å². The molecule has 0 amide bonds. The smallest absolute Gasteiger partial charge is 0.311 e. The van der Waals surface area contributed by atoms with Gasteiger partial charge >= 0.3 is 5.97 Å². The number of nitrogens with one attached hydrogen (secondary N) is 1. The molecule has 2 heterocycles. The van der Waals surface area contributed by atoms with Crippen molar-refractivity contribution in [2.24, 2.45) is 5.92 Å². The lowest BCUT2D eigenvalue weighted by Crippen LogP contribution is -2.31. The van der Waals surface area contributed by atoms with Gasteiger partial charge in [-0.3, -0.25) is 9.78 Å². The quantitative estimate of drug-likeness (QED) is 0.810. The van der Waals surface area contributed by atoms with Crippen LogP contribution in [0.5, 0.6) is 0 Å². The first-order valence-corrected chi connectivity index (χ1v) is 6.31. The molecule has 0 spiro atoms. The van der Waals surface area contributed by atoms with Crippen LogP contribution in [0.1, 0.15) is 32.3 Å². The highest BCUT2D eigenvalue weighted by Gasteiger charge is 2.36. The van der Waals surface area contributed by atoms with Gasteiger partial charge in [0, 0.05) is 31.4 Å². The van der Waals surface area contributed by atoms with Gasteiger partial charge in [0.2, 0.25) is 0 Å². The fourth-order valence-corrected chi connectivity index (χ4v) is 2.26. The predicted octanol–water partition coefficient (Wildman–Crippen LogP) is 1.73. The first-order valence-electron chi connectivity index (χ1n) is 6.31. The zero-order chi connectivity index (χ0) is 13.2. The molecular weight excluding hydrogens is 228 g/mol. The summed E-state index contributed by atoms with van der Waals surface area (Å²) in [4.78, 5) is 16.2. The van der Waals surface area contributed by atoms with Crippen molar-refractivity contribution in [2.45, 2.75) is 32.3 Å². The molecular formula is C14H20N2O2. The van der Waals surface area contributed by atoms with Crippen LogP contribution in [0.4, 0.5) is 0 Å². The van der Waals surface area contributed by atoms with Gasteiger partial charge < -0.3 is 10.1 Å². The van der Waals surface area contributed by atoms with Crippen molar-refractivity contribution in [3.8, 4) is 0 Å². The molecule has 0 saturated carbocycles. The van der Waals surface area contributed by atoms with Gasteiger partial charge in [-0.1, -0.05) is 0 Å². The molecule has 2 rings (SSSR count). The van der Waals surface area contributed by atoms with Crippen molar-refractivity contribution >= 4 is 5.97 Å². The normalized spacial score (nSPS) is 23.9. The molecule has 1 aliphatic rings. The molecule has 1 N–H and O–H groups in total. The van der Waals surface area contributed by atoms with E-state index in [2.05, 4.69) is 10.3 Å². The molecule has 1 aliphatic heterocycles. The summed E-state index contributed by atoms with van der Waals surface area (Å²) in [5.41, 5.74) is 0.716. The van der Waals surface area contributed by atoms with Crippen LogP contribution in [-0.2, 0) is 9.53 Å². The lowest BCUT2D eigenvalue weighted by molar-refractivity contribution is -0.159. The van der Waals surface area contributed by atoms with Crippen LogP contribution in [-0.4, -0.2) is 29.6 Å². The van der Waals surface area contributed by atoms with Gasteiger partial charge in [-0.25, -0.2) is 0 Å². The standard InChI is InChI=1S/C14H20N2O2/c1-14(2,3)18-13(17)12-9-16-8-11(12)10-4-6-15-7-5-10/h4-7,11-12,16H,8-9H2,1-3H3/t11-,12+/m0/s1. The Kier molecular flexibility index (Phi) is 3.66. The van der Waals surface area contributed by atoms with Crippen LogP contribution in [0.15, 0.2) is 24.5 Å². The topological polar surface area (TPSA) is 51.2 Å². The number of hydrogen-bond donors (Lipinski definition) is 1. The van der Waals surface area contributed by atoms with Crippen molar-refractivity contribution in [2.75, 3.05) is 13.1 Å². The minimum absolute atomic E-state index is 0.105. The third-order valence-corrected chi connectivity index (χ3v) is 3.06. The Labute approximate surface area is 108 Å². The molecule has 1 saturated heterocycles. The molecule has 98 valence electrons. The Hall–Kier alpha value is -1.42. The van der Waals surface area contributed by atoms with E-state index >= 15 is 0 Å². The molecule has 4 nitrogen and oxygen atoms in total. The van der Waals surface area contributed by atoms with E-state index in [9.17, 15) is 4.79 Å². The van der Waals surface area contributed by atoms with Gasteiger partial charge in [0.05, 0.1) is 5.92 Å². The van der Waals surface area contributed by atoms with Crippen molar-refractivity contribution in [3.63, 3.8) is 0 Å². The maximum absolute atomic E-state index is 12.2. The van der Waals surface area contributed by atoms with Gasteiger partial charge in [-0.15, -0.1) is 0 Å². The number of carbonyl (C=O) groups excluding carboxylic acids is 1. The van der Waals surface area contributed by atoms with Crippen LogP contribution in [0.3, 0.4) is 0 Å². The molecule has 1 aromatic rings. The summed E-state index contributed by atoms with van der Waals surface area (Å²) in [6.45, 7) is 7.19. The number of ether oxygens (including phenoxy) is 1. The second-order valence-electron chi connectivity index (χ2n) is 5.69. The largest absolute Gasteiger partial charge is 0.460 e. The molecule has 1 aromatic heterocycles. The third kappa shape index (κ3) is 3.07. The van der Waals surface area contributed by atoms with E-state index in [1.54, 1.807) is 12.4 Å². The Bertz CT molecular complexity index is 412. The molecule has 18 heavy (non-hydrogen) atoms. The molecule has 0 bridgehead atoms. The van der Waals surface area contributed by atoms with E-state index in [1.807, 2.05) is 32.9 Å². The second kappa shape index (κ2) is 5.06. The van der Waals surface area contributed by atoms with Crippen molar-refractivity contribution in [1.82, 2.24) is 10.3 Å². The molecule has 0 aliphatic carbocycles. The van der Waals surface area contributed by atoms with E-state index in [4.69, 9.17) is 4.74 Å². The molecule has 1 fully saturated rings. The highest BCUT2D eigenvalue weighted by atomic mass is 16.6. The summed E-state index contributed by atoms with van der Waals surface area (Å²) in [6, 6.07) is 3.93. The summed E-state index contributed by atoms with van der Waals surface area (Å²) in [5, 5.41) is 3.27. The van der Waals surface area contributed by atoms with Crippen LogP contribution >= 0.6 is 0 Å². The maximum Gasteiger partial charge on any atom is 0.311 e. The van der Waals surface area contributed by atoms with Crippen LogP contribution < -0.4 is 5.32 Å². The fraction of sp³-hybridized carbons (Fsp3) is 0.571. The Morgan fingerprint density at radius 1 is 1.33 bits per heavy atom. The minimum atomic E-state index is -0.428. The Morgan fingerprint density at radius 3 is 2.61 bits per heavy atom. The molecule has 0 unspecified atom stereocenters. The Morgan fingerprint density at radius 2 is 2.00 bits per heavy atom. The molecule has 0 aromatic carbocycles. The van der Waals surface area contributed by atoms with E-state index in [0.29, 0.717) is 6.54 Å². The zero-order valence-corrected chi connectivity index (χ0v) is 11.1. The number of hydrogen-bond acceptors (Lipinski definition) is 4. The number of nitrogens with zero attached hydrogens (tertiary/aromatic N) is 1. The average molecular weight is 248 g/mol. The summed E-state index contributed by atoms with van der Waals surface area (Å²) >= 11 is 0. The van der Waals surface area contributed by atoms with E-state index in [0.717, 1.165) is 12.1 Å². The fourth-order valence-electron chi connectivity index (χ4n) is 2.26. The van der Waals surface area contributed by atoms with Gasteiger partial charge in [-0.05, 0) is 38.5 Å². The maximum atomic E-state index is 12.2. The average Bonchev–Trinajstić information content (AvgIpc) is 2.76. The van der Waals surface area contributed by atoms with Gasteiger partial charge in [0.15, 0.2) is 0 Å². The number of carbonyl (C=O) groups is 1. The summed E-state index contributed by atoms with van der Waals surface area (Å²) in [5.74, 6) is -0.0382. The van der Waals surface area contributed by atoms with Crippen molar-refractivity contribution in [3.05, 3.63) is 30.1 Å². The minimum Gasteiger partial charge on any atom is -0.460 e. The molecule has 0 radical (unpaired) electrons. The predicted molar refractivity (Wildman–Crippen MR) is 69.2 cm³/mol. The highest BCUT2D eigenvalue weighted by Crippen LogP contribution is 2.29. The van der Waals surface area contributed by atoms with Crippen molar-refractivity contribution in [1.29, 1.82) is 0 Å². The number of rotatable bonds is 2. The molecule has 4 heteroatoms. The molecule has 2 atom stereocenters. The summed E-state index contributed by atoms with van der Waals surface area (Å²) in [7, 11) is 0. The van der Waals surface area contributed by atoms with Crippen LogP contribution in [0.25, 0.3) is 0 Å².